The lowest BCUT2D eigenvalue weighted by Gasteiger charge is -2.37. The zero-order valence-electron chi connectivity index (χ0n) is 17.8. The molecule has 2 heterocycles. The normalized spacial score (nSPS) is 14.9. The summed E-state index contributed by atoms with van der Waals surface area (Å²) in [6, 6.07) is 12.2. The van der Waals surface area contributed by atoms with Gasteiger partial charge < -0.3 is 24.6 Å². The lowest BCUT2D eigenvalue weighted by molar-refractivity contribution is 0.232. The number of hydrogen-bond donors (Lipinski definition) is 1. The fourth-order valence-electron chi connectivity index (χ4n) is 3.32. The molecule has 156 valence electrons. The Balaban J connectivity index is 1.51. The van der Waals surface area contributed by atoms with Gasteiger partial charge in [0.05, 0.1) is 13.2 Å². The molecule has 0 radical (unpaired) electrons. The van der Waals surface area contributed by atoms with Crippen molar-refractivity contribution >= 4 is 11.6 Å². The molecule has 0 atom stereocenters. The van der Waals surface area contributed by atoms with Gasteiger partial charge in [-0.25, -0.2) is 4.98 Å². The summed E-state index contributed by atoms with van der Waals surface area (Å²) >= 11 is 0. The number of benzene rings is 1. The molecule has 1 aliphatic rings. The minimum atomic E-state index is 0.126. The summed E-state index contributed by atoms with van der Waals surface area (Å²) < 4.78 is 10.9. The molecule has 0 amide bonds. The standard InChI is InChI=1S/C22H31N5O2/c1-17(2)29-21-9-8-18(15-24-21)16-25-22(23-3)27-12-10-26(11-13-27)19-6-5-7-20(14-19)28-4/h5-9,14-15,17H,10-13,16H2,1-4H3,(H,23,25). The highest BCUT2D eigenvalue weighted by atomic mass is 16.5. The van der Waals surface area contributed by atoms with Crippen molar-refractivity contribution < 1.29 is 9.47 Å². The van der Waals surface area contributed by atoms with Crippen LogP contribution in [0.4, 0.5) is 5.69 Å². The van der Waals surface area contributed by atoms with Gasteiger partial charge in [0.1, 0.15) is 5.75 Å². The predicted octanol–water partition coefficient (Wildman–Crippen LogP) is 2.78. The van der Waals surface area contributed by atoms with E-state index in [0.717, 1.165) is 43.5 Å². The second kappa shape index (κ2) is 10.0. The molecule has 0 saturated carbocycles. The number of pyridine rings is 1. The Labute approximate surface area is 173 Å². The van der Waals surface area contributed by atoms with E-state index in [9.17, 15) is 0 Å². The molecule has 3 rings (SSSR count). The lowest BCUT2D eigenvalue weighted by Crippen LogP contribution is -2.52. The summed E-state index contributed by atoms with van der Waals surface area (Å²) in [5.41, 5.74) is 2.29. The average molecular weight is 398 g/mol. The van der Waals surface area contributed by atoms with Crippen LogP contribution in [0.2, 0.25) is 0 Å². The zero-order valence-corrected chi connectivity index (χ0v) is 17.8. The van der Waals surface area contributed by atoms with Gasteiger partial charge in [0.15, 0.2) is 5.96 Å². The number of nitrogens with one attached hydrogen (secondary N) is 1. The molecule has 0 aliphatic carbocycles. The van der Waals surface area contributed by atoms with E-state index < -0.39 is 0 Å². The monoisotopic (exact) mass is 397 g/mol. The fourth-order valence-corrected chi connectivity index (χ4v) is 3.32. The predicted molar refractivity (Wildman–Crippen MR) is 117 cm³/mol. The Morgan fingerprint density at radius 2 is 1.97 bits per heavy atom. The summed E-state index contributed by atoms with van der Waals surface area (Å²) in [4.78, 5) is 13.5. The van der Waals surface area contributed by atoms with Gasteiger partial charge in [-0.3, -0.25) is 4.99 Å². The quantitative estimate of drug-likeness (QED) is 0.597. The van der Waals surface area contributed by atoms with E-state index in [1.54, 1.807) is 7.11 Å². The molecule has 1 N–H and O–H groups in total. The maximum atomic E-state index is 5.60. The second-order valence-corrected chi connectivity index (χ2v) is 7.25. The summed E-state index contributed by atoms with van der Waals surface area (Å²) in [5.74, 6) is 2.46. The molecule has 0 spiro atoms. The number of piperazine rings is 1. The number of rotatable bonds is 6. The van der Waals surface area contributed by atoms with Crippen molar-refractivity contribution in [3.8, 4) is 11.6 Å². The molecule has 2 aromatic rings. The molecule has 1 fully saturated rings. The van der Waals surface area contributed by atoms with Crippen molar-refractivity contribution in [1.29, 1.82) is 0 Å². The maximum Gasteiger partial charge on any atom is 0.213 e. The smallest absolute Gasteiger partial charge is 0.213 e. The van der Waals surface area contributed by atoms with Crippen LogP contribution in [0, 0.1) is 0 Å². The van der Waals surface area contributed by atoms with Gasteiger partial charge in [0, 0.05) is 63.8 Å². The van der Waals surface area contributed by atoms with Gasteiger partial charge in [-0.05, 0) is 31.5 Å². The van der Waals surface area contributed by atoms with Crippen LogP contribution in [-0.2, 0) is 6.54 Å². The lowest BCUT2D eigenvalue weighted by atomic mass is 10.2. The Bertz CT molecular complexity index is 799. The Hall–Kier alpha value is -2.96. The molecular weight excluding hydrogens is 366 g/mol. The minimum Gasteiger partial charge on any atom is -0.497 e. The first-order valence-corrected chi connectivity index (χ1v) is 10.0. The first-order valence-electron chi connectivity index (χ1n) is 10.0. The molecule has 7 nitrogen and oxygen atoms in total. The summed E-state index contributed by atoms with van der Waals surface area (Å²) in [7, 11) is 3.53. The van der Waals surface area contributed by atoms with Gasteiger partial charge in [-0.2, -0.15) is 0 Å². The molecular formula is C22H31N5O2. The van der Waals surface area contributed by atoms with Crippen LogP contribution >= 0.6 is 0 Å². The third kappa shape index (κ3) is 5.76. The van der Waals surface area contributed by atoms with E-state index >= 15 is 0 Å². The van der Waals surface area contributed by atoms with Crippen LogP contribution < -0.4 is 19.7 Å². The highest BCUT2D eigenvalue weighted by Crippen LogP contribution is 2.22. The van der Waals surface area contributed by atoms with E-state index in [1.807, 2.05) is 51.4 Å². The molecule has 1 saturated heterocycles. The van der Waals surface area contributed by atoms with E-state index in [-0.39, 0.29) is 6.10 Å². The summed E-state index contributed by atoms with van der Waals surface area (Å²) in [6.07, 6.45) is 1.97. The van der Waals surface area contributed by atoms with Gasteiger partial charge in [0.2, 0.25) is 5.88 Å². The van der Waals surface area contributed by atoms with Crippen LogP contribution in [0.3, 0.4) is 0 Å². The van der Waals surface area contributed by atoms with Crippen LogP contribution in [0.5, 0.6) is 11.6 Å². The molecule has 1 aromatic carbocycles. The number of methoxy groups -OCH3 is 1. The van der Waals surface area contributed by atoms with E-state index in [1.165, 1.54) is 5.69 Å². The van der Waals surface area contributed by atoms with E-state index in [2.05, 4.69) is 37.2 Å². The van der Waals surface area contributed by atoms with Crippen LogP contribution in [0.25, 0.3) is 0 Å². The van der Waals surface area contributed by atoms with Crippen molar-refractivity contribution in [2.24, 2.45) is 4.99 Å². The third-order valence-corrected chi connectivity index (χ3v) is 4.81. The Morgan fingerprint density at radius 1 is 1.17 bits per heavy atom. The van der Waals surface area contributed by atoms with Gasteiger partial charge >= 0.3 is 0 Å². The van der Waals surface area contributed by atoms with Crippen molar-refractivity contribution in [2.75, 3.05) is 45.2 Å². The SMILES string of the molecule is CN=C(NCc1ccc(OC(C)C)nc1)N1CCN(c2cccc(OC)c2)CC1. The van der Waals surface area contributed by atoms with Gasteiger partial charge in [-0.1, -0.05) is 12.1 Å². The summed E-state index contributed by atoms with van der Waals surface area (Å²) in [6.45, 7) is 8.38. The topological polar surface area (TPSA) is 62.2 Å². The highest BCUT2D eigenvalue weighted by molar-refractivity contribution is 5.80. The van der Waals surface area contributed by atoms with Crippen molar-refractivity contribution in [2.45, 2.75) is 26.5 Å². The molecule has 0 bridgehead atoms. The van der Waals surface area contributed by atoms with E-state index in [0.29, 0.717) is 12.4 Å². The number of aliphatic imine (C=N–C) groups is 1. The number of guanidine groups is 1. The first kappa shape index (κ1) is 20.8. The van der Waals surface area contributed by atoms with E-state index in [4.69, 9.17) is 9.47 Å². The number of hydrogen-bond acceptors (Lipinski definition) is 5. The van der Waals surface area contributed by atoms with Gasteiger partial charge in [-0.15, -0.1) is 0 Å². The maximum absolute atomic E-state index is 5.60. The van der Waals surface area contributed by atoms with Gasteiger partial charge in [0.25, 0.3) is 0 Å². The highest BCUT2D eigenvalue weighted by Gasteiger charge is 2.20. The van der Waals surface area contributed by atoms with Crippen molar-refractivity contribution in [3.05, 3.63) is 48.2 Å². The number of ether oxygens (including phenoxy) is 2. The van der Waals surface area contributed by atoms with Crippen molar-refractivity contribution in [3.63, 3.8) is 0 Å². The summed E-state index contributed by atoms with van der Waals surface area (Å²) in [5, 5.41) is 3.45. The number of nitrogens with zero attached hydrogens (tertiary/aromatic N) is 4. The average Bonchev–Trinajstić information content (AvgIpc) is 2.75. The second-order valence-electron chi connectivity index (χ2n) is 7.25. The zero-order chi connectivity index (χ0) is 20.6. The molecule has 7 heteroatoms. The Kier molecular flexibility index (Phi) is 7.16. The fraction of sp³-hybridized carbons (Fsp3) is 0.455. The third-order valence-electron chi connectivity index (χ3n) is 4.81. The minimum absolute atomic E-state index is 0.126. The molecule has 0 unspecified atom stereocenters. The van der Waals surface area contributed by atoms with Crippen LogP contribution in [0.1, 0.15) is 19.4 Å². The molecule has 29 heavy (non-hydrogen) atoms. The molecule has 1 aromatic heterocycles. The van der Waals surface area contributed by atoms with Crippen LogP contribution in [0.15, 0.2) is 47.6 Å². The van der Waals surface area contributed by atoms with Crippen LogP contribution in [-0.4, -0.2) is 62.3 Å². The largest absolute Gasteiger partial charge is 0.497 e. The number of aromatic nitrogens is 1. The molecule has 1 aliphatic heterocycles. The first-order chi connectivity index (χ1) is 14.1. The Morgan fingerprint density at radius 3 is 2.59 bits per heavy atom. The van der Waals surface area contributed by atoms with Crippen molar-refractivity contribution in [1.82, 2.24) is 15.2 Å². The number of anilines is 1.